The summed E-state index contributed by atoms with van der Waals surface area (Å²) in [5, 5.41) is 33.4. The normalized spacial score (nSPS) is 15.1. The Bertz CT molecular complexity index is 485. The van der Waals surface area contributed by atoms with Crippen LogP contribution < -0.4 is 10.2 Å². The molecule has 0 heterocycles. The minimum absolute atomic E-state index is 0.164. The van der Waals surface area contributed by atoms with Crippen molar-refractivity contribution in [2.45, 2.75) is 39.5 Å². The van der Waals surface area contributed by atoms with Crippen molar-refractivity contribution in [2.24, 2.45) is 0 Å². The van der Waals surface area contributed by atoms with Gasteiger partial charge in [0.05, 0.1) is 4.92 Å². The molecule has 0 aromatic heterocycles. The van der Waals surface area contributed by atoms with Gasteiger partial charge in [-0.05, 0) is 32.9 Å². The number of methoxy groups -OCH3 is 1. The summed E-state index contributed by atoms with van der Waals surface area (Å²) in [4.78, 5) is 11.9. The minimum atomic E-state index is -0.985. The van der Waals surface area contributed by atoms with Crippen molar-refractivity contribution in [3.8, 4) is 0 Å². The fourth-order valence-electron chi connectivity index (χ4n) is 1.98. The molecule has 0 fully saturated rings. The summed E-state index contributed by atoms with van der Waals surface area (Å²) in [6.45, 7) is 4.66. The van der Waals surface area contributed by atoms with Crippen molar-refractivity contribution in [3.05, 3.63) is 28.3 Å². The van der Waals surface area contributed by atoms with Crippen LogP contribution in [0.15, 0.2) is 18.2 Å². The molecule has 0 saturated carbocycles. The summed E-state index contributed by atoms with van der Waals surface area (Å²) < 4.78 is 5.02. The van der Waals surface area contributed by atoms with E-state index in [1.165, 1.54) is 38.0 Å². The Kier molecular flexibility index (Phi) is 5.89. The van der Waals surface area contributed by atoms with Crippen molar-refractivity contribution >= 4 is 17.1 Å². The highest BCUT2D eigenvalue weighted by Gasteiger charge is 2.22. The first-order valence-electron chi connectivity index (χ1n) is 6.50. The second-order valence-electron chi connectivity index (χ2n) is 4.65. The van der Waals surface area contributed by atoms with Crippen LogP contribution in [0, 0.1) is 10.1 Å². The van der Waals surface area contributed by atoms with Gasteiger partial charge in [0.25, 0.3) is 5.69 Å². The molecule has 0 aliphatic heterocycles. The summed E-state index contributed by atoms with van der Waals surface area (Å²) in [6, 6.07) is 4.39. The van der Waals surface area contributed by atoms with Crippen LogP contribution in [0.3, 0.4) is 0 Å². The van der Waals surface area contributed by atoms with Crippen molar-refractivity contribution < 1.29 is 19.9 Å². The molecule has 1 aromatic rings. The molecule has 0 bridgehead atoms. The number of nitrogens with zero attached hydrogens (tertiary/aromatic N) is 2. The van der Waals surface area contributed by atoms with Gasteiger partial charge in [0.15, 0.2) is 0 Å². The van der Waals surface area contributed by atoms with Gasteiger partial charge in [-0.1, -0.05) is 0 Å². The first-order valence-corrected chi connectivity index (χ1v) is 6.50. The number of aliphatic hydroxyl groups excluding tert-OH is 2. The van der Waals surface area contributed by atoms with Crippen LogP contribution in [0.5, 0.6) is 0 Å². The van der Waals surface area contributed by atoms with Gasteiger partial charge in [-0.2, -0.15) is 0 Å². The Morgan fingerprint density at radius 3 is 2.29 bits per heavy atom. The lowest BCUT2D eigenvalue weighted by molar-refractivity contribution is -0.384. The number of anilines is 2. The number of nitro benzene ring substituents is 1. The third-order valence-electron chi connectivity index (χ3n) is 2.99. The van der Waals surface area contributed by atoms with Gasteiger partial charge in [0, 0.05) is 18.9 Å². The number of hydrogen-bond acceptors (Lipinski definition) is 7. The van der Waals surface area contributed by atoms with E-state index >= 15 is 0 Å². The second-order valence-corrected chi connectivity index (χ2v) is 4.65. The van der Waals surface area contributed by atoms with E-state index in [0.29, 0.717) is 11.4 Å². The molecule has 1 aromatic carbocycles. The molecule has 3 atom stereocenters. The highest BCUT2D eigenvalue weighted by Crippen LogP contribution is 2.31. The topological polar surface area (TPSA) is 108 Å². The average Bonchev–Trinajstić information content (AvgIpc) is 2.39. The van der Waals surface area contributed by atoms with Crippen LogP contribution in [-0.2, 0) is 4.74 Å². The maximum Gasteiger partial charge on any atom is 0.294 e. The van der Waals surface area contributed by atoms with Gasteiger partial charge < -0.3 is 25.2 Å². The molecule has 118 valence electrons. The van der Waals surface area contributed by atoms with Gasteiger partial charge in [-0.25, -0.2) is 0 Å². The third-order valence-corrected chi connectivity index (χ3v) is 2.99. The lowest BCUT2D eigenvalue weighted by atomic mass is 10.2. The van der Waals surface area contributed by atoms with Crippen molar-refractivity contribution in [3.63, 3.8) is 0 Å². The van der Waals surface area contributed by atoms with E-state index < -0.39 is 17.4 Å². The molecule has 3 N–H and O–H groups in total. The summed E-state index contributed by atoms with van der Waals surface area (Å²) in [5.74, 6) is 0. The SMILES string of the molecule is COC(C)Nc1ccc(N(C(C)O)C(C)O)cc1[N+](=O)[O-]. The van der Waals surface area contributed by atoms with E-state index in [-0.39, 0.29) is 11.9 Å². The number of aliphatic hydroxyl groups is 2. The average molecular weight is 299 g/mol. The lowest BCUT2D eigenvalue weighted by Gasteiger charge is -2.30. The predicted molar refractivity (Wildman–Crippen MR) is 79.0 cm³/mol. The lowest BCUT2D eigenvalue weighted by Crippen LogP contribution is -2.40. The van der Waals surface area contributed by atoms with Crippen LogP contribution in [0.25, 0.3) is 0 Å². The van der Waals surface area contributed by atoms with Gasteiger partial charge in [-0.15, -0.1) is 0 Å². The number of hydrogen-bond donors (Lipinski definition) is 3. The molecule has 0 saturated heterocycles. The monoisotopic (exact) mass is 299 g/mol. The van der Waals surface area contributed by atoms with Crippen LogP contribution in [0.1, 0.15) is 20.8 Å². The Morgan fingerprint density at radius 2 is 1.86 bits per heavy atom. The molecular formula is C13H21N3O5. The zero-order valence-electron chi connectivity index (χ0n) is 12.5. The number of benzene rings is 1. The van der Waals surface area contributed by atoms with E-state index in [1.807, 2.05) is 0 Å². The number of nitrogens with one attached hydrogen (secondary N) is 1. The highest BCUT2D eigenvalue weighted by atomic mass is 16.6. The molecule has 0 radical (unpaired) electrons. The van der Waals surface area contributed by atoms with Crippen LogP contribution in [0.4, 0.5) is 17.1 Å². The summed E-state index contributed by atoms with van der Waals surface area (Å²) in [7, 11) is 1.49. The maximum absolute atomic E-state index is 11.2. The first kappa shape index (κ1) is 17.2. The Hall–Kier alpha value is -1.90. The van der Waals surface area contributed by atoms with Crippen molar-refractivity contribution in [1.82, 2.24) is 0 Å². The van der Waals surface area contributed by atoms with Crippen LogP contribution in [-0.4, -0.2) is 40.9 Å². The Balaban J connectivity index is 3.22. The first-order chi connectivity index (χ1) is 9.77. The Labute approximate surface area is 123 Å². The molecule has 1 rings (SSSR count). The smallest absolute Gasteiger partial charge is 0.294 e. The van der Waals surface area contributed by atoms with E-state index in [2.05, 4.69) is 5.32 Å². The molecular weight excluding hydrogens is 278 g/mol. The largest absolute Gasteiger partial charge is 0.374 e. The number of ether oxygens (including phenoxy) is 1. The van der Waals surface area contributed by atoms with E-state index in [9.17, 15) is 20.3 Å². The van der Waals surface area contributed by atoms with E-state index in [1.54, 1.807) is 13.0 Å². The molecule has 3 unspecified atom stereocenters. The zero-order chi connectivity index (χ0) is 16.2. The van der Waals surface area contributed by atoms with Gasteiger partial charge in [0.1, 0.15) is 24.4 Å². The number of nitro groups is 1. The fourth-order valence-corrected chi connectivity index (χ4v) is 1.98. The number of rotatable bonds is 7. The van der Waals surface area contributed by atoms with Crippen molar-refractivity contribution in [1.29, 1.82) is 0 Å². The standard InChI is InChI=1S/C13H21N3O5/c1-8(21-4)14-12-6-5-11(7-13(12)16(19)20)15(9(2)17)10(3)18/h5-10,14,17-18H,1-4H3. The molecule has 0 aliphatic rings. The predicted octanol–water partition coefficient (Wildman–Crippen LogP) is 1.48. The van der Waals surface area contributed by atoms with Crippen LogP contribution >= 0.6 is 0 Å². The van der Waals surface area contributed by atoms with Gasteiger partial charge in [-0.3, -0.25) is 10.1 Å². The molecule has 21 heavy (non-hydrogen) atoms. The maximum atomic E-state index is 11.2. The van der Waals surface area contributed by atoms with Gasteiger partial charge in [0.2, 0.25) is 0 Å². The van der Waals surface area contributed by atoms with Crippen LogP contribution in [0.2, 0.25) is 0 Å². The molecule has 8 heteroatoms. The van der Waals surface area contributed by atoms with Crippen molar-refractivity contribution in [2.75, 3.05) is 17.3 Å². The molecule has 0 spiro atoms. The highest BCUT2D eigenvalue weighted by molar-refractivity contribution is 5.68. The van der Waals surface area contributed by atoms with E-state index in [0.717, 1.165) is 0 Å². The second kappa shape index (κ2) is 7.21. The van der Waals surface area contributed by atoms with E-state index in [4.69, 9.17) is 4.74 Å². The third kappa shape index (κ3) is 4.28. The summed E-state index contributed by atoms with van der Waals surface area (Å²) in [5.41, 5.74) is 0.485. The Morgan fingerprint density at radius 1 is 1.29 bits per heavy atom. The summed E-state index contributed by atoms with van der Waals surface area (Å²) >= 11 is 0. The van der Waals surface area contributed by atoms with Gasteiger partial charge >= 0.3 is 0 Å². The fraction of sp³-hybridized carbons (Fsp3) is 0.538. The zero-order valence-corrected chi connectivity index (χ0v) is 12.5. The molecule has 0 aliphatic carbocycles. The quantitative estimate of drug-likeness (QED) is 0.397. The summed E-state index contributed by atoms with van der Waals surface area (Å²) in [6.07, 6.45) is -2.36. The minimum Gasteiger partial charge on any atom is -0.374 e. The molecule has 8 nitrogen and oxygen atoms in total. The molecule has 0 amide bonds.